The van der Waals surface area contributed by atoms with Gasteiger partial charge < -0.3 is 18.8 Å². The van der Waals surface area contributed by atoms with E-state index in [0.29, 0.717) is 21.0 Å². The molecular weight excluding hydrogens is 428 g/mol. The lowest BCUT2D eigenvalue weighted by atomic mass is 9.79. The molecule has 4 nitrogen and oxygen atoms in total. The molecule has 2 rings (SSSR count). The second-order valence-corrected chi connectivity index (χ2v) is 6.62. The van der Waals surface area contributed by atoms with Crippen molar-refractivity contribution in [1.82, 2.24) is 0 Å². The van der Waals surface area contributed by atoms with Crippen LogP contribution in [0.4, 0.5) is 0 Å². The highest BCUT2D eigenvalue weighted by Crippen LogP contribution is 2.36. The Hall–Kier alpha value is -0.175. The number of rotatable bonds is 7. The highest BCUT2D eigenvalue weighted by atomic mass is 127. The van der Waals surface area contributed by atoms with Crippen LogP contribution in [-0.4, -0.2) is 50.9 Å². The summed E-state index contributed by atoms with van der Waals surface area (Å²) in [7, 11) is 0.299. The van der Waals surface area contributed by atoms with Crippen molar-refractivity contribution in [2.45, 2.75) is 52.2 Å². The zero-order valence-electron chi connectivity index (χ0n) is 15.3. The highest BCUT2D eigenvalue weighted by Gasteiger charge is 2.51. The van der Waals surface area contributed by atoms with Crippen LogP contribution in [0.1, 0.15) is 41.0 Å². The first-order chi connectivity index (χ1) is 11.8. The van der Waals surface area contributed by atoms with Crippen molar-refractivity contribution < 1.29 is 18.8 Å². The van der Waals surface area contributed by atoms with E-state index in [2.05, 4.69) is 62.0 Å². The van der Waals surface area contributed by atoms with Crippen molar-refractivity contribution in [1.29, 1.82) is 0 Å². The SMILES string of the molecule is CCCOCCOc1ccc(B2OC(C)(C)C(C)(C)O2)cc1.[BH3-][B]I. The minimum absolute atomic E-state index is 0.316. The molecule has 0 amide bonds. The number of benzene rings is 1. The normalized spacial score (nSPS) is 17.6. The van der Waals surface area contributed by atoms with Gasteiger partial charge in [-0.3, -0.25) is 0 Å². The predicted octanol–water partition coefficient (Wildman–Crippen LogP) is 2.11. The smallest absolute Gasteiger partial charge is 0.491 e. The van der Waals surface area contributed by atoms with Crippen LogP contribution in [0.3, 0.4) is 0 Å². The summed E-state index contributed by atoms with van der Waals surface area (Å²) in [4.78, 5) is 0. The summed E-state index contributed by atoms with van der Waals surface area (Å²) in [5.74, 6) is 0.834. The number of ether oxygens (including phenoxy) is 2. The molecule has 1 radical (unpaired) electrons. The number of hydrogen-bond acceptors (Lipinski definition) is 4. The van der Waals surface area contributed by atoms with Gasteiger partial charge in [-0.25, -0.2) is 22.4 Å². The molecule has 25 heavy (non-hydrogen) atoms. The van der Waals surface area contributed by atoms with Crippen LogP contribution in [0.25, 0.3) is 0 Å². The van der Waals surface area contributed by atoms with E-state index in [1.807, 2.05) is 24.3 Å². The molecule has 0 bridgehead atoms. The Kier molecular flexibility index (Phi) is 9.92. The molecule has 0 spiro atoms. The molecule has 139 valence electrons. The second kappa shape index (κ2) is 10.8. The fourth-order valence-electron chi connectivity index (χ4n) is 2.17. The molecule has 1 saturated heterocycles. The van der Waals surface area contributed by atoms with Crippen LogP contribution in [0.15, 0.2) is 24.3 Å². The Bertz CT molecular complexity index is 481. The molecule has 0 atom stereocenters. The summed E-state index contributed by atoms with van der Waals surface area (Å²) >= 11 is 2.27. The van der Waals surface area contributed by atoms with Gasteiger partial charge in [-0.15, -0.1) is 0 Å². The zero-order valence-corrected chi connectivity index (χ0v) is 17.5. The largest absolute Gasteiger partial charge is 0.494 e. The molecule has 0 saturated carbocycles. The first-order valence-electron chi connectivity index (χ1n) is 8.24. The average Bonchev–Trinajstić information content (AvgIpc) is 2.77. The summed E-state index contributed by atoms with van der Waals surface area (Å²) in [5, 5.41) is 2.22. The first-order valence-corrected chi connectivity index (χ1v) is 9.48. The lowest BCUT2D eigenvalue weighted by Crippen LogP contribution is -2.41. The van der Waals surface area contributed by atoms with Crippen molar-refractivity contribution in [3.05, 3.63) is 24.3 Å². The minimum atomic E-state index is -0.327. The van der Waals surface area contributed by atoms with Crippen LogP contribution in [-0.2, 0) is 14.0 Å². The van der Waals surface area contributed by atoms with Gasteiger partial charge in [-0.1, -0.05) is 26.8 Å². The van der Waals surface area contributed by atoms with E-state index in [1.54, 1.807) is 0 Å². The van der Waals surface area contributed by atoms with Gasteiger partial charge in [-0.05, 0) is 56.7 Å². The Morgan fingerprint density at radius 2 is 1.56 bits per heavy atom. The molecule has 0 aliphatic carbocycles. The maximum Gasteiger partial charge on any atom is 0.494 e. The van der Waals surface area contributed by atoms with E-state index in [4.69, 9.17) is 18.8 Å². The van der Waals surface area contributed by atoms with Crippen LogP contribution in [0.5, 0.6) is 5.75 Å². The van der Waals surface area contributed by atoms with E-state index < -0.39 is 0 Å². The molecule has 1 aliphatic heterocycles. The van der Waals surface area contributed by atoms with Crippen LogP contribution in [0, 0.1) is 0 Å². The number of halogens is 1. The molecule has 1 heterocycles. The minimum Gasteiger partial charge on any atom is -0.491 e. The van der Waals surface area contributed by atoms with Gasteiger partial charge in [0.25, 0.3) is 0 Å². The quantitative estimate of drug-likeness (QED) is 0.357. The zero-order chi connectivity index (χ0) is 18.9. The van der Waals surface area contributed by atoms with E-state index in [-0.39, 0.29) is 18.3 Å². The Morgan fingerprint density at radius 3 is 2.04 bits per heavy atom. The van der Waals surface area contributed by atoms with Crippen LogP contribution in [0.2, 0.25) is 0 Å². The van der Waals surface area contributed by atoms with E-state index in [1.165, 1.54) is 0 Å². The summed E-state index contributed by atoms with van der Waals surface area (Å²) in [6, 6.07) is 7.87. The molecule has 1 aromatic rings. The van der Waals surface area contributed by atoms with Crippen LogP contribution < -0.4 is 10.2 Å². The van der Waals surface area contributed by atoms with Gasteiger partial charge in [0.05, 0.1) is 17.8 Å². The molecule has 0 N–H and O–H groups in total. The molecule has 1 aliphatic rings. The topological polar surface area (TPSA) is 36.9 Å². The number of hydrogen-bond donors (Lipinski definition) is 0. The van der Waals surface area contributed by atoms with Crippen LogP contribution >= 0.6 is 22.4 Å². The molecule has 1 aromatic carbocycles. The lowest BCUT2D eigenvalue weighted by Gasteiger charge is -2.32. The predicted molar refractivity (Wildman–Crippen MR) is 118 cm³/mol. The fourth-order valence-corrected chi connectivity index (χ4v) is 2.17. The Morgan fingerprint density at radius 1 is 1.04 bits per heavy atom. The van der Waals surface area contributed by atoms with Gasteiger partial charge in [-0.2, -0.15) is 0 Å². The molecule has 1 fully saturated rings. The van der Waals surface area contributed by atoms with Crippen molar-refractivity contribution in [3.63, 3.8) is 0 Å². The van der Waals surface area contributed by atoms with Gasteiger partial charge in [0.2, 0.25) is 0 Å². The maximum absolute atomic E-state index is 6.03. The third-order valence-corrected chi connectivity index (χ3v) is 4.25. The molecule has 0 unspecified atom stereocenters. The summed E-state index contributed by atoms with van der Waals surface area (Å²) in [5.41, 5.74) is 0.376. The summed E-state index contributed by atoms with van der Waals surface area (Å²) in [6.07, 6.45) is 1.03. The van der Waals surface area contributed by atoms with Gasteiger partial charge in [0.15, 0.2) is 0 Å². The lowest BCUT2D eigenvalue weighted by molar-refractivity contribution is 0.00578. The maximum atomic E-state index is 6.03. The molecule has 0 aromatic heterocycles. The van der Waals surface area contributed by atoms with Gasteiger partial charge in [0.1, 0.15) is 12.4 Å². The Labute approximate surface area is 168 Å². The van der Waals surface area contributed by atoms with Crippen molar-refractivity contribution in [3.8, 4) is 5.75 Å². The van der Waals surface area contributed by atoms with E-state index in [0.717, 1.165) is 24.2 Å². The van der Waals surface area contributed by atoms with E-state index >= 15 is 0 Å². The van der Waals surface area contributed by atoms with E-state index in [9.17, 15) is 0 Å². The third kappa shape index (κ3) is 7.16. The standard InChI is InChI=1S/C17H27BO4.B2H3I/c1-6-11-19-12-13-20-15-9-7-14(8-10-15)18-21-16(2,3)17(4,5)22-18;1-2-3/h7-10H,6,11-13H2,1-5H3;1H3/q;-1. The summed E-state index contributed by atoms with van der Waals surface area (Å²) < 4.78 is 23.1. The monoisotopic (exact) mass is 458 g/mol. The van der Waals surface area contributed by atoms with Crippen molar-refractivity contribution >= 4 is 47.7 Å². The average molecular weight is 458 g/mol. The van der Waals surface area contributed by atoms with Crippen molar-refractivity contribution in [2.24, 2.45) is 0 Å². The third-order valence-electron chi connectivity index (χ3n) is 4.25. The van der Waals surface area contributed by atoms with Gasteiger partial charge in [0, 0.05) is 6.61 Å². The molecule has 8 heteroatoms. The van der Waals surface area contributed by atoms with Crippen molar-refractivity contribution in [2.75, 3.05) is 19.8 Å². The highest BCUT2D eigenvalue weighted by molar-refractivity contribution is 14.1. The van der Waals surface area contributed by atoms with Gasteiger partial charge >= 0.3 is 7.12 Å². The Balaban J connectivity index is 0.000000970. The fraction of sp³-hybridized carbons (Fsp3) is 0.647. The first kappa shape index (κ1) is 22.9. The second-order valence-electron chi connectivity index (χ2n) is 6.62. The molecular formula is C17H30B3IO4-. The summed E-state index contributed by atoms with van der Waals surface area (Å²) in [6.45, 7) is 12.3.